The van der Waals surface area contributed by atoms with Crippen molar-refractivity contribution in [3.8, 4) is 0 Å². The van der Waals surface area contributed by atoms with Crippen molar-refractivity contribution in [2.75, 3.05) is 92.5 Å². The van der Waals surface area contributed by atoms with E-state index in [0.29, 0.717) is 13.2 Å². The van der Waals surface area contributed by atoms with Gasteiger partial charge in [0.15, 0.2) is 0 Å². The molecule has 0 heterocycles. The van der Waals surface area contributed by atoms with Crippen LogP contribution in [0.5, 0.6) is 0 Å². The van der Waals surface area contributed by atoms with E-state index in [4.69, 9.17) is 39.4 Å². The van der Waals surface area contributed by atoms with Crippen LogP contribution in [0.25, 0.3) is 0 Å². The summed E-state index contributed by atoms with van der Waals surface area (Å²) in [4.78, 5) is 0. The fraction of sp³-hybridized carbons (Fsp3) is 0.833. The molecule has 0 aromatic heterocycles. The molecule has 0 saturated carbocycles. The van der Waals surface area contributed by atoms with Gasteiger partial charge in [-0.15, -0.1) is 0 Å². The molecule has 6 N–H and O–H groups in total. The molecular weight excluding hydrogens is 1050 g/mol. The second-order valence-electron chi connectivity index (χ2n) is 7.55. The van der Waals surface area contributed by atoms with Crippen LogP contribution in [0.1, 0.15) is 12.8 Å². The number of rotatable bonds is 25. The Labute approximate surface area is 227 Å². The molecule has 238 valence electrons. The van der Waals surface area contributed by atoms with Gasteiger partial charge in [0.05, 0.1) is 77.3 Å². The molecule has 0 aromatic rings. The van der Waals surface area contributed by atoms with Crippen molar-refractivity contribution in [1.29, 1.82) is 0 Å². The SMILES string of the molecule is [CH2-]OCC(O)COCCCCOCC(O)CO[CH2-].[CH2-]OCC(O)COCCO.[CH2-]OCC(O)COCCO.[Rf].[Rf]. The maximum Gasteiger partial charge on any atom is 0.0976 e. The van der Waals surface area contributed by atoms with Crippen molar-refractivity contribution < 1.29 is 68.5 Å². The largest absolute Gasteiger partial charge is 0.553 e. The van der Waals surface area contributed by atoms with Gasteiger partial charge >= 0.3 is 0 Å². The van der Waals surface area contributed by atoms with Crippen molar-refractivity contribution in [2.24, 2.45) is 0 Å². The van der Waals surface area contributed by atoms with Crippen molar-refractivity contribution >= 4 is 0 Å². The van der Waals surface area contributed by atoms with E-state index in [0.717, 1.165) is 12.8 Å². The van der Waals surface area contributed by atoms with Gasteiger partial charge in [0, 0.05) is 39.6 Å². The first kappa shape index (κ1) is 47.2. The van der Waals surface area contributed by atoms with Gasteiger partial charge < -0.3 is 68.5 Å². The number of hydrogen-bond donors (Lipinski definition) is 6. The van der Waals surface area contributed by atoms with Crippen LogP contribution in [-0.4, -0.2) is 148 Å². The van der Waals surface area contributed by atoms with Crippen LogP contribution < -0.4 is 0 Å². The van der Waals surface area contributed by atoms with Crippen molar-refractivity contribution in [2.45, 2.75) is 37.3 Å². The summed E-state index contributed by atoms with van der Waals surface area (Å²) >= 11 is 0. The van der Waals surface area contributed by atoms with Crippen molar-refractivity contribution in [1.82, 2.24) is 0 Å². The van der Waals surface area contributed by atoms with Gasteiger partial charge in [0.2, 0.25) is 0 Å². The predicted octanol–water partition coefficient (Wildman–Crippen LogP) is -1.53. The van der Waals surface area contributed by atoms with E-state index in [-0.39, 0.29) is 79.3 Å². The minimum Gasteiger partial charge on any atom is -0.553 e. The first-order valence-corrected chi connectivity index (χ1v) is 12.1. The van der Waals surface area contributed by atoms with Gasteiger partial charge in [0.1, 0.15) is 0 Å². The zero-order valence-electron chi connectivity index (χ0n) is 23.8. The average Bonchev–Trinajstić information content (AvgIpc) is 2.87. The van der Waals surface area contributed by atoms with Gasteiger partial charge in [-0.1, -0.05) is 0 Å². The topological polar surface area (TPSA) is 195 Å². The van der Waals surface area contributed by atoms with Crippen LogP contribution in [0.2, 0.25) is 0 Å². The molecule has 0 spiro atoms. The Morgan fingerprint density at radius 3 is 0.825 bits per heavy atom. The molecule has 4 atom stereocenters. The zero-order chi connectivity index (χ0) is 29.3. The van der Waals surface area contributed by atoms with Crippen molar-refractivity contribution in [3.05, 3.63) is 28.4 Å². The number of hydrogen-bond acceptors (Lipinski definition) is 14. The Morgan fingerprint density at radius 1 is 0.400 bits per heavy atom. The molecule has 0 rings (SSSR count). The molecule has 0 radical (unpaired) electrons. The van der Waals surface area contributed by atoms with Crippen LogP contribution in [0.4, 0.5) is 0 Å². The van der Waals surface area contributed by atoms with Crippen LogP contribution in [0.15, 0.2) is 0 Å². The maximum atomic E-state index is 9.24. The third-order valence-electron chi connectivity index (χ3n) is 3.78. The number of ether oxygens (including phenoxy) is 8. The van der Waals surface area contributed by atoms with Gasteiger partial charge in [0.25, 0.3) is 0 Å². The molecule has 0 aliphatic carbocycles. The number of aliphatic hydroxyl groups is 6. The van der Waals surface area contributed by atoms with E-state index in [9.17, 15) is 10.2 Å². The standard InChI is InChI=1S/C12H24O6.2C6H13O4.2Rf/c1-15-7-11(13)9-17-5-3-4-6-18-10-12(14)8-16-2;2*1-9-4-6(8)5-10-3-2-7;;/h11-14H,1-10H2;2*6-8H,1-5H2;;/q-2;2*-1;;. The van der Waals surface area contributed by atoms with Crippen LogP contribution in [-0.2, 0) is 37.9 Å². The fourth-order valence-corrected chi connectivity index (χ4v) is 2.15. The molecule has 0 saturated heterocycles. The summed E-state index contributed by atoms with van der Waals surface area (Å²) in [5, 5.41) is 52.8. The van der Waals surface area contributed by atoms with E-state index in [2.05, 4.69) is 47.4 Å². The Morgan fingerprint density at radius 2 is 0.625 bits per heavy atom. The Hall–Kier alpha value is -2.56. The van der Waals surface area contributed by atoms with Gasteiger partial charge in [-0.3, -0.25) is 0 Å². The molecule has 40 heavy (non-hydrogen) atoms. The zero-order valence-corrected chi connectivity index (χ0v) is 36.6. The fourth-order valence-electron chi connectivity index (χ4n) is 2.15. The van der Waals surface area contributed by atoms with Crippen LogP contribution in [0.3, 0.4) is 0 Å². The quantitative estimate of drug-likeness (QED) is 0.0456. The first-order valence-electron chi connectivity index (χ1n) is 12.1. The summed E-state index contributed by atoms with van der Waals surface area (Å²) in [6.07, 6.45) is -0.888. The summed E-state index contributed by atoms with van der Waals surface area (Å²) in [5.41, 5.74) is 0. The summed E-state index contributed by atoms with van der Waals surface area (Å²) in [5.74, 6) is 0. The molecule has 4 unspecified atom stereocenters. The predicted molar refractivity (Wildman–Crippen MR) is 136 cm³/mol. The Bertz CT molecular complexity index is 384. The molecule has 14 nitrogen and oxygen atoms in total. The van der Waals surface area contributed by atoms with Gasteiger partial charge in [-0.05, 0) is 12.8 Å². The summed E-state index contributed by atoms with van der Waals surface area (Å²) < 4.78 is 37.8. The minimum absolute atomic E-state index is 0. The monoisotopic (exact) mass is 1100 g/mol. The third kappa shape index (κ3) is 45.4. The van der Waals surface area contributed by atoms with E-state index in [1.807, 2.05) is 0 Å². The molecule has 0 aliphatic heterocycles. The smallest absolute Gasteiger partial charge is 0.0976 e. The number of aliphatic hydroxyl groups excluding tert-OH is 6. The summed E-state index contributed by atoms with van der Waals surface area (Å²) in [6.45, 7) is 3.06. The van der Waals surface area contributed by atoms with Crippen LogP contribution in [0, 0.1) is 28.4 Å². The molecule has 0 aliphatic rings. The van der Waals surface area contributed by atoms with E-state index >= 15 is 0 Å². The van der Waals surface area contributed by atoms with E-state index in [1.54, 1.807) is 0 Å². The molecule has 0 bridgehead atoms. The normalized spacial score (nSPS) is 13.3. The molecule has 0 fully saturated rings. The third-order valence-corrected chi connectivity index (χ3v) is 3.78. The second kappa shape index (κ2) is 40.9. The Balaban J connectivity index is -0.000000160. The summed E-state index contributed by atoms with van der Waals surface area (Å²) in [7, 11) is 12.5. The minimum atomic E-state index is -0.649. The summed E-state index contributed by atoms with van der Waals surface area (Å²) in [6, 6.07) is 0. The van der Waals surface area contributed by atoms with Crippen LogP contribution >= 0.6 is 0 Å². The average molecular weight is 1100 g/mol. The van der Waals surface area contributed by atoms with Gasteiger partial charge in [-0.25, -0.2) is 28.4 Å². The second-order valence-corrected chi connectivity index (χ2v) is 7.55. The molecule has 16 heteroatoms. The van der Waals surface area contributed by atoms with E-state index < -0.39 is 24.4 Å². The molecule has 0 amide bonds. The van der Waals surface area contributed by atoms with Crippen molar-refractivity contribution in [3.63, 3.8) is 0 Å². The van der Waals surface area contributed by atoms with E-state index in [1.165, 1.54) is 0 Å². The molecular formula is C24H50O14Rf2-4. The first-order chi connectivity index (χ1) is 18.3. The number of unbranched alkanes of at least 4 members (excludes halogenated alkanes) is 1. The molecule has 0 aromatic carbocycles. The maximum absolute atomic E-state index is 9.24. The Kier molecular flexibility index (Phi) is 48.3. The van der Waals surface area contributed by atoms with Gasteiger partial charge in [-0.2, -0.15) is 0 Å².